The molecule has 0 radical (unpaired) electrons. The summed E-state index contributed by atoms with van der Waals surface area (Å²) in [5.41, 5.74) is 1.18. The number of rotatable bonds is 2. The van der Waals surface area contributed by atoms with Gasteiger partial charge < -0.3 is 5.32 Å². The van der Waals surface area contributed by atoms with Gasteiger partial charge in [0.2, 0.25) is 10.0 Å². The quantitative estimate of drug-likeness (QED) is 0.831. The van der Waals surface area contributed by atoms with E-state index in [1.54, 1.807) is 18.2 Å². The summed E-state index contributed by atoms with van der Waals surface area (Å²) in [4.78, 5) is 0.352. The van der Waals surface area contributed by atoms with Gasteiger partial charge in [-0.05, 0) is 33.1 Å². The predicted molar refractivity (Wildman–Crippen MR) is 71.4 cm³/mol. The SMILES string of the molecule is Cc1n[nH]c(C)c1S(=O)(=O)N1CC[C@H]2CC[C@@H](C1)N2. The lowest BCUT2D eigenvalue weighted by molar-refractivity contribution is 0.383. The number of nitrogens with one attached hydrogen (secondary N) is 2. The molecule has 19 heavy (non-hydrogen) atoms. The van der Waals surface area contributed by atoms with Crippen molar-refractivity contribution in [3.63, 3.8) is 0 Å². The van der Waals surface area contributed by atoms with E-state index in [4.69, 9.17) is 0 Å². The zero-order chi connectivity index (χ0) is 13.6. The van der Waals surface area contributed by atoms with Crippen molar-refractivity contribution < 1.29 is 8.42 Å². The Morgan fingerprint density at radius 3 is 2.63 bits per heavy atom. The second-order valence-corrected chi connectivity index (χ2v) is 7.43. The van der Waals surface area contributed by atoms with Gasteiger partial charge in [-0.2, -0.15) is 9.40 Å². The van der Waals surface area contributed by atoms with Gasteiger partial charge in [0.1, 0.15) is 4.90 Å². The van der Waals surface area contributed by atoms with Crippen molar-refractivity contribution in [2.45, 2.75) is 50.1 Å². The lowest BCUT2D eigenvalue weighted by Gasteiger charge is -2.23. The van der Waals surface area contributed by atoms with E-state index in [1.807, 2.05) is 0 Å². The van der Waals surface area contributed by atoms with Gasteiger partial charge in [-0.3, -0.25) is 5.10 Å². The predicted octanol–water partition coefficient (Wildman–Crippen LogP) is 0.542. The van der Waals surface area contributed by atoms with Crippen molar-refractivity contribution in [1.82, 2.24) is 19.8 Å². The number of aryl methyl sites for hydroxylation is 2. The molecule has 2 fully saturated rings. The zero-order valence-electron chi connectivity index (χ0n) is 11.3. The third-order valence-corrected chi connectivity index (χ3v) is 6.27. The standard InChI is InChI=1S/C12H20N4O2S/c1-8-12(9(2)15-14-8)19(17,18)16-6-5-10-3-4-11(7-16)13-10/h10-11,13H,3-7H2,1-2H3,(H,14,15)/t10-,11+/m1/s1. The number of H-pyrrole nitrogens is 1. The molecule has 106 valence electrons. The summed E-state index contributed by atoms with van der Waals surface area (Å²) in [7, 11) is -3.43. The topological polar surface area (TPSA) is 78.1 Å². The molecule has 3 rings (SSSR count). The summed E-state index contributed by atoms with van der Waals surface area (Å²) in [6, 6.07) is 0.784. The van der Waals surface area contributed by atoms with Gasteiger partial charge >= 0.3 is 0 Å². The Morgan fingerprint density at radius 2 is 1.95 bits per heavy atom. The molecule has 6 nitrogen and oxygen atoms in total. The molecular weight excluding hydrogens is 264 g/mol. The van der Waals surface area contributed by atoms with Crippen LogP contribution in [0.1, 0.15) is 30.7 Å². The van der Waals surface area contributed by atoms with Gasteiger partial charge in [-0.15, -0.1) is 0 Å². The van der Waals surface area contributed by atoms with Crippen molar-refractivity contribution in [1.29, 1.82) is 0 Å². The first-order chi connectivity index (χ1) is 8.98. The van der Waals surface area contributed by atoms with Crippen LogP contribution in [0.15, 0.2) is 4.90 Å². The van der Waals surface area contributed by atoms with E-state index in [0.717, 1.165) is 12.8 Å². The number of aromatic amines is 1. The average Bonchev–Trinajstić information content (AvgIpc) is 2.81. The number of hydrogen-bond acceptors (Lipinski definition) is 4. The number of aromatic nitrogens is 2. The molecule has 0 amide bonds. The molecule has 2 saturated heterocycles. The van der Waals surface area contributed by atoms with Crippen molar-refractivity contribution >= 4 is 10.0 Å². The van der Waals surface area contributed by atoms with Crippen molar-refractivity contribution in [2.75, 3.05) is 13.1 Å². The molecule has 2 N–H and O–H groups in total. The highest BCUT2D eigenvalue weighted by Crippen LogP contribution is 2.27. The van der Waals surface area contributed by atoms with E-state index in [0.29, 0.717) is 41.5 Å². The van der Waals surface area contributed by atoms with Crippen LogP contribution in [0.3, 0.4) is 0 Å². The normalized spacial score (nSPS) is 28.5. The highest BCUT2D eigenvalue weighted by Gasteiger charge is 2.36. The molecule has 7 heteroatoms. The lowest BCUT2D eigenvalue weighted by atomic mass is 10.1. The Hall–Kier alpha value is -0.920. The maximum Gasteiger partial charge on any atom is 0.246 e. The first-order valence-corrected chi connectivity index (χ1v) is 8.20. The van der Waals surface area contributed by atoms with Gasteiger partial charge in [0.15, 0.2) is 0 Å². The Morgan fingerprint density at radius 1 is 1.21 bits per heavy atom. The average molecular weight is 284 g/mol. The number of nitrogens with zero attached hydrogens (tertiary/aromatic N) is 2. The summed E-state index contributed by atoms with van der Waals surface area (Å²) in [6.07, 6.45) is 3.13. The Balaban J connectivity index is 1.92. The minimum Gasteiger partial charge on any atom is -0.310 e. The van der Waals surface area contributed by atoms with Gasteiger partial charge in [-0.1, -0.05) is 0 Å². The maximum absolute atomic E-state index is 12.8. The second kappa shape index (κ2) is 4.57. The van der Waals surface area contributed by atoms with Gasteiger partial charge in [0.25, 0.3) is 0 Å². The van der Waals surface area contributed by atoms with Crippen LogP contribution in [0, 0.1) is 13.8 Å². The van der Waals surface area contributed by atoms with E-state index >= 15 is 0 Å². The Kier molecular flexibility index (Phi) is 3.15. The monoisotopic (exact) mass is 284 g/mol. The van der Waals surface area contributed by atoms with Crippen LogP contribution < -0.4 is 5.32 Å². The fourth-order valence-electron chi connectivity index (χ4n) is 3.18. The highest BCUT2D eigenvalue weighted by atomic mass is 32.2. The summed E-state index contributed by atoms with van der Waals surface area (Å²) < 4.78 is 27.1. The number of sulfonamides is 1. The van der Waals surface area contributed by atoms with Crippen LogP contribution in [0.2, 0.25) is 0 Å². The van der Waals surface area contributed by atoms with Crippen molar-refractivity contribution in [2.24, 2.45) is 0 Å². The number of hydrogen-bond donors (Lipinski definition) is 2. The van der Waals surface area contributed by atoms with Crippen LogP contribution in [-0.4, -0.2) is 48.1 Å². The molecule has 2 aliphatic rings. The lowest BCUT2D eigenvalue weighted by Crippen LogP contribution is -2.39. The Bertz CT molecular complexity index is 561. The van der Waals surface area contributed by atoms with E-state index in [1.165, 1.54) is 6.42 Å². The Labute approximate surface area is 113 Å². The van der Waals surface area contributed by atoms with Crippen LogP contribution in [-0.2, 0) is 10.0 Å². The summed E-state index contributed by atoms with van der Waals surface area (Å²) in [5, 5.41) is 10.3. The molecule has 0 aliphatic carbocycles. The van der Waals surface area contributed by atoms with Gasteiger partial charge in [0.05, 0.1) is 11.4 Å². The van der Waals surface area contributed by atoms with E-state index in [9.17, 15) is 8.42 Å². The number of fused-ring (bicyclic) bond motifs is 2. The molecule has 2 aliphatic heterocycles. The molecule has 1 aromatic rings. The van der Waals surface area contributed by atoms with Crippen LogP contribution in [0.25, 0.3) is 0 Å². The van der Waals surface area contributed by atoms with E-state index in [2.05, 4.69) is 15.5 Å². The molecule has 0 aromatic carbocycles. The zero-order valence-corrected chi connectivity index (χ0v) is 12.1. The van der Waals surface area contributed by atoms with E-state index < -0.39 is 10.0 Å². The fourth-order valence-corrected chi connectivity index (χ4v) is 5.01. The molecule has 1 aromatic heterocycles. The molecule has 3 heterocycles. The van der Waals surface area contributed by atoms with E-state index in [-0.39, 0.29) is 0 Å². The molecule has 2 bridgehead atoms. The molecular formula is C12H20N4O2S. The molecule has 2 atom stereocenters. The minimum absolute atomic E-state index is 0.301. The van der Waals surface area contributed by atoms with Gasteiger partial charge in [0, 0.05) is 25.2 Å². The largest absolute Gasteiger partial charge is 0.310 e. The minimum atomic E-state index is -3.43. The summed E-state index contributed by atoms with van der Waals surface area (Å²) in [5.74, 6) is 0. The second-order valence-electron chi connectivity index (χ2n) is 5.55. The molecule has 0 saturated carbocycles. The molecule has 0 spiro atoms. The van der Waals surface area contributed by atoms with Crippen molar-refractivity contribution in [3.8, 4) is 0 Å². The maximum atomic E-state index is 12.8. The fraction of sp³-hybridized carbons (Fsp3) is 0.750. The first-order valence-electron chi connectivity index (χ1n) is 6.76. The summed E-state index contributed by atoms with van der Waals surface area (Å²) in [6.45, 7) is 4.66. The summed E-state index contributed by atoms with van der Waals surface area (Å²) >= 11 is 0. The van der Waals surface area contributed by atoms with Crippen LogP contribution in [0.5, 0.6) is 0 Å². The third-order valence-electron chi connectivity index (χ3n) is 4.14. The first kappa shape index (κ1) is 13.1. The van der Waals surface area contributed by atoms with Crippen LogP contribution >= 0.6 is 0 Å². The van der Waals surface area contributed by atoms with Gasteiger partial charge in [-0.25, -0.2) is 8.42 Å². The highest BCUT2D eigenvalue weighted by molar-refractivity contribution is 7.89. The molecule has 0 unspecified atom stereocenters. The van der Waals surface area contributed by atoms with Crippen LogP contribution in [0.4, 0.5) is 0 Å². The van der Waals surface area contributed by atoms with Crippen molar-refractivity contribution in [3.05, 3.63) is 11.4 Å². The third kappa shape index (κ3) is 2.19. The smallest absolute Gasteiger partial charge is 0.246 e.